The van der Waals surface area contributed by atoms with Gasteiger partial charge in [0.1, 0.15) is 0 Å². The number of aromatic nitrogens is 1. The van der Waals surface area contributed by atoms with Crippen molar-refractivity contribution >= 4 is 103 Å². The van der Waals surface area contributed by atoms with E-state index in [1.807, 2.05) is 11.3 Å². The highest BCUT2D eigenvalue weighted by Crippen LogP contribution is 2.47. The van der Waals surface area contributed by atoms with Gasteiger partial charge in [0.15, 0.2) is 0 Å². The van der Waals surface area contributed by atoms with E-state index < -0.39 is 0 Å². The zero-order valence-electron chi connectivity index (χ0n) is 29.8. The molecule has 12 rings (SSSR count). The van der Waals surface area contributed by atoms with Gasteiger partial charge in [-0.1, -0.05) is 133 Å². The molecule has 3 heteroatoms. The molecule has 2 nitrogen and oxygen atoms in total. The van der Waals surface area contributed by atoms with Gasteiger partial charge in [-0.05, 0) is 104 Å². The standard InChI is InChI=1S/C52H32N2S/c1-3-12-36(13-4-1)53(46-20-11-18-42-40-16-8-10-21-48(40)55-52(42)46)38-27-22-33(23-28-38)39-29-24-34-25-31-44-50-35(26-30-41(39)49(34)50)32-47-51(44)43-17-7-9-19-45(43)54(47)37-14-5-2-6-15-37/h1-32H. The SMILES string of the molecule is c1ccc(N(c2ccc(-c3ccc4ccc5c6c(ccc3c46)cc3c5c4ccccc4n3-c3ccccc3)cc2)c2cccc3c2sc2ccccc23)cc1. The number of nitrogens with zero attached hydrogens (tertiary/aromatic N) is 2. The van der Waals surface area contributed by atoms with Crippen LogP contribution < -0.4 is 4.90 Å². The molecule has 0 aliphatic carbocycles. The van der Waals surface area contributed by atoms with Crippen LogP contribution in [-0.2, 0) is 0 Å². The van der Waals surface area contributed by atoms with Crippen LogP contribution in [-0.4, -0.2) is 4.57 Å². The van der Waals surface area contributed by atoms with E-state index in [1.54, 1.807) is 0 Å². The lowest BCUT2D eigenvalue weighted by Crippen LogP contribution is -2.09. The minimum atomic E-state index is 1.13. The second-order valence-electron chi connectivity index (χ2n) is 14.5. The summed E-state index contributed by atoms with van der Waals surface area (Å²) < 4.78 is 5.03. The topological polar surface area (TPSA) is 8.17 Å². The van der Waals surface area contributed by atoms with E-state index in [4.69, 9.17) is 0 Å². The maximum atomic E-state index is 2.42. The lowest BCUT2D eigenvalue weighted by Gasteiger charge is -2.26. The van der Waals surface area contributed by atoms with Crippen molar-refractivity contribution in [3.63, 3.8) is 0 Å². The molecule has 2 aromatic heterocycles. The van der Waals surface area contributed by atoms with Crippen molar-refractivity contribution in [3.8, 4) is 16.8 Å². The van der Waals surface area contributed by atoms with Crippen molar-refractivity contribution < 1.29 is 0 Å². The number of thiophene rings is 1. The Hall–Kier alpha value is -6.94. The molecule has 55 heavy (non-hydrogen) atoms. The van der Waals surface area contributed by atoms with Crippen LogP contribution in [0.4, 0.5) is 17.1 Å². The fourth-order valence-electron chi connectivity index (χ4n) is 9.14. The molecule has 0 aliphatic heterocycles. The van der Waals surface area contributed by atoms with Crippen LogP contribution in [0, 0.1) is 0 Å². The molecule has 0 radical (unpaired) electrons. The predicted octanol–water partition coefficient (Wildman–Crippen LogP) is 15.2. The second kappa shape index (κ2) is 11.8. The number of para-hydroxylation sites is 3. The average molecular weight is 717 g/mol. The fourth-order valence-corrected chi connectivity index (χ4v) is 10.3. The number of anilines is 3. The lowest BCUT2D eigenvalue weighted by atomic mass is 9.88. The monoisotopic (exact) mass is 716 g/mol. The van der Waals surface area contributed by atoms with Crippen LogP contribution in [0.25, 0.3) is 91.1 Å². The Kier molecular flexibility index (Phi) is 6.54. The molecule has 0 amide bonds. The van der Waals surface area contributed by atoms with E-state index in [-0.39, 0.29) is 0 Å². The summed E-state index contributed by atoms with van der Waals surface area (Å²) in [4.78, 5) is 2.41. The number of hydrogen-bond donors (Lipinski definition) is 0. The Morgan fingerprint density at radius 2 is 1.05 bits per heavy atom. The number of hydrogen-bond acceptors (Lipinski definition) is 2. The van der Waals surface area contributed by atoms with Crippen molar-refractivity contribution in [2.75, 3.05) is 4.90 Å². The Labute approximate surface area is 321 Å². The van der Waals surface area contributed by atoms with Crippen LogP contribution in [0.1, 0.15) is 0 Å². The summed E-state index contributed by atoms with van der Waals surface area (Å²) in [6.07, 6.45) is 0. The van der Waals surface area contributed by atoms with Gasteiger partial charge < -0.3 is 9.47 Å². The van der Waals surface area contributed by atoms with E-state index in [2.05, 4.69) is 204 Å². The Morgan fingerprint density at radius 1 is 0.400 bits per heavy atom. The minimum Gasteiger partial charge on any atom is -0.309 e. The van der Waals surface area contributed by atoms with Crippen LogP contribution in [0.5, 0.6) is 0 Å². The number of rotatable bonds is 5. The third-order valence-electron chi connectivity index (χ3n) is 11.5. The fraction of sp³-hybridized carbons (Fsp3) is 0. The molecule has 0 bridgehead atoms. The molecule has 0 spiro atoms. The Balaban J connectivity index is 1.04. The van der Waals surface area contributed by atoms with Gasteiger partial charge in [-0.3, -0.25) is 0 Å². The smallest absolute Gasteiger partial charge is 0.0640 e. The summed E-state index contributed by atoms with van der Waals surface area (Å²) in [6.45, 7) is 0. The molecule has 0 aliphatic rings. The third-order valence-corrected chi connectivity index (χ3v) is 12.7. The largest absolute Gasteiger partial charge is 0.309 e. The highest BCUT2D eigenvalue weighted by molar-refractivity contribution is 7.26. The molecule has 12 aromatic rings. The highest BCUT2D eigenvalue weighted by Gasteiger charge is 2.21. The maximum absolute atomic E-state index is 2.42. The van der Waals surface area contributed by atoms with Gasteiger partial charge in [0.05, 0.1) is 21.4 Å². The quantitative estimate of drug-likeness (QED) is 0.161. The third kappa shape index (κ3) is 4.48. The Bertz CT molecular complexity index is 3410. The highest BCUT2D eigenvalue weighted by atomic mass is 32.1. The maximum Gasteiger partial charge on any atom is 0.0640 e. The molecule has 0 N–H and O–H groups in total. The van der Waals surface area contributed by atoms with Gasteiger partial charge in [0.25, 0.3) is 0 Å². The van der Waals surface area contributed by atoms with Crippen LogP contribution in [0.2, 0.25) is 0 Å². The van der Waals surface area contributed by atoms with E-state index in [0.717, 1.165) is 11.4 Å². The summed E-state index contributed by atoms with van der Waals surface area (Å²) in [5, 5.41) is 13.0. The molecule has 0 fully saturated rings. The Morgan fingerprint density at radius 3 is 1.91 bits per heavy atom. The number of fused-ring (bicyclic) bond motifs is 7. The summed E-state index contributed by atoms with van der Waals surface area (Å²) in [7, 11) is 0. The van der Waals surface area contributed by atoms with Gasteiger partial charge in [0, 0.05) is 43.3 Å². The summed E-state index contributed by atoms with van der Waals surface area (Å²) >= 11 is 1.87. The predicted molar refractivity (Wildman–Crippen MR) is 237 cm³/mol. The van der Waals surface area contributed by atoms with Crippen molar-refractivity contribution in [1.82, 2.24) is 4.57 Å². The van der Waals surface area contributed by atoms with Crippen molar-refractivity contribution in [1.29, 1.82) is 0 Å². The van der Waals surface area contributed by atoms with E-state index >= 15 is 0 Å². The molecule has 256 valence electrons. The first kappa shape index (κ1) is 30.5. The molecule has 0 saturated carbocycles. The zero-order valence-corrected chi connectivity index (χ0v) is 30.6. The van der Waals surface area contributed by atoms with Crippen molar-refractivity contribution in [3.05, 3.63) is 194 Å². The second-order valence-corrected chi connectivity index (χ2v) is 15.5. The lowest BCUT2D eigenvalue weighted by molar-refractivity contribution is 1.18. The first-order valence-corrected chi connectivity index (χ1v) is 19.7. The minimum absolute atomic E-state index is 1.13. The number of benzene rings is 10. The summed E-state index contributed by atoms with van der Waals surface area (Å²) in [6, 6.07) is 71.3. The van der Waals surface area contributed by atoms with E-state index in [1.165, 1.54) is 96.8 Å². The first-order valence-electron chi connectivity index (χ1n) is 18.9. The van der Waals surface area contributed by atoms with Crippen LogP contribution in [0.15, 0.2) is 194 Å². The van der Waals surface area contributed by atoms with Gasteiger partial charge in [-0.25, -0.2) is 0 Å². The zero-order chi connectivity index (χ0) is 36.0. The van der Waals surface area contributed by atoms with Crippen molar-refractivity contribution in [2.24, 2.45) is 0 Å². The van der Waals surface area contributed by atoms with Gasteiger partial charge in [-0.2, -0.15) is 0 Å². The molecule has 0 saturated heterocycles. The molecular formula is C52H32N2S. The average Bonchev–Trinajstić information content (AvgIpc) is 3.80. The van der Waals surface area contributed by atoms with Crippen LogP contribution >= 0.6 is 11.3 Å². The van der Waals surface area contributed by atoms with Crippen molar-refractivity contribution in [2.45, 2.75) is 0 Å². The molecular weight excluding hydrogens is 685 g/mol. The molecule has 0 unspecified atom stereocenters. The van der Waals surface area contributed by atoms with Gasteiger partial charge >= 0.3 is 0 Å². The summed E-state index contributed by atoms with van der Waals surface area (Å²) in [5.41, 5.74) is 9.58. The summed E-state index contributed by atoms with van der Waals surface area (Å²) in [5.74, 6) is 0. The normalized spacial score (nSPS) is 12.0. The van der Waals surface area contributed by atoms with Gasteiger partial charge in [0.2, 0.25) is 0 Å². The van der Waals surface area contributed by atoms with E-state index in [0.29, 0.717) is 0 Å². The van der Waals surface area contributed by atoms with E-state index in [9.17, 15) is 0 Å². The molecule has 2 heterocycles. The van der Waals surface area contributed by atoms with Crippen LogP contribution in [0.3, 0.4) is 0 Å². The molecule has 10 aromatic carbocycles. The first-order chi connectivity index (χ1) is 27.3. The van der Waals surface area contributed by atoms with Gasteiger partial charge in [-0.15, -0.1) is 11.3 Å². The molecule has 0 atom stereocenters.